The predicted molar refractivity (Wildman–Crippen MR) is 106 cm³/mol. The number of sulfonamides is 1. The van der Waals surface area contributed by atoms with Crippen molar-refractivity contribution in [2.75, 3.05) is 19.6 Å². The minimum atomic E-state index is -3.54. The van der Waals surface area contributed by atoms with Gasteiger partial charge in [-0.05, 0) is 41.7 Å². The van der Waals surface area contributed by atoms with Gasteiger partial charge in [-0.15, -0.1) is 12.4 Å². The summed E-state index contributed by atoms with van der Waals surface area (Å²) in [4.78, 5) is 4.50. The van der Waals surface area contributed by atoms with Gasteiger partial charge in [-0.2, -0.15) is 4.31 Å². The van der Waals surface area contributed by atoms with Crippen LogP contribution in [0.5, 0.6) is 0 Å². The van der Waals surface area contributed by atoms with Gasteiger partial charge < -0.3 is 5.32 Å². The molecular weight excluding hydrogens is 370 g/mol. The quantitative estimate of drug-likeness (QED) is 0.845. The van der Waals surface area contributed by atoms with Crippen LogP contribution in [0.3, 0.4) is 0 Å². The molecule has 1 unspecified atom stereocenters. The maximum Gasteiger partial charge on any atom is 0.243 e. The molecule has 7 heteroatoms. The van der Waals surface area contributed by atoms with Crippen molar-refractivity contribution in [2.45, 2.75) is 31.2 Å². The number of rotatable bonds is 5. The zero-order valence-electron chi connectivity index (χ0n) is 15.1. The van der Waals surface area contributed by atoms with Crippen LogP contribution in [-0.4, -0.2) is 37.3 Å². The fourth-order valence-corrected chi connectivity index (χ4v) is 4.85. The number of aromatic nitrogens is 1. The van der Waals surface area contributed by atoms with Gasteiger partial charge in [0.25, 0.3) is 0 Å². The van der Waals surface area contributed by atoms with E-state index in [9.17, 15) is 8.42 Å². The third-order valence-electron chi connectivity index (χ3n) is 4.44. The summed E-state index contributed by atoms with van der Waals surface area (Å²) in [6.07, 6.45) is 4.39. The summed E-state index contributed by atoms with van der Waals surface area (Å²) < 4.78 is 28.0. The minimum Gasteiger partial charge on any atom is -0.313 e. The molecule has 2 aromatic rings. The smallest absolute Gasteiger partial charge is 0.243 e. The summed E-state index contributed by atoms with van der Waals surface area (Å²) in [6.45, 7) is 6.02. The van der Waals surface area contributed by atoms with Crippen molar-refractivity contribution in [1.29, 1.82) is 0 Å². The molecule has 1 aromatic heterocycles. The number of nitrogens with one attached hydrogen (secondary N) is 1. The van der Waals surface area contributed by atoms with Gasteiger partial charge in [0, 0.05) is 32.0 Å². The van der Waals surface area contributed by atoms with Gasteiger partial charge in [0.15, 0.2) is 0 Å². The van der Waals surface area contributed by atoms with E-state index in [4.69, 9.17) is 0 Å². The SMILES string of the molecule is CC(C)Cc1ccc(S(=O)(=O)N2CCNCC2c2cccnc2)cc1.Cl. The molecule has 1 fully saturated rings. The molecule has 3 rings (SSSR count). The van der Waals surface area contributed by atoms with Crippen molar-refractivity contribution < 1.29 is 8.42 Å². The average Bonchev–Trinajstić information content (AvgIpc) is 2.62. The van der Waals surface area contributed by atoms with E-state index >= 15 is 0 Å². The fraction of sp³-hybridized carbons (Fsp3) is 0.421. The maximum absolute atomic E-state index is 13.2. The van der Waals surface area contributed by atoms with Gasteiger partial charge in [-0.25, -0.2) is 8.42 Å². The first-order valence-electron chi connectivity index (χ1n) is 8.70. The lowest BCUT2D eigenvalue weighted by atomic mass is 10.0. The van der Waals surface area contributed by atoms with Gasteiger partial charge in [-0.1, -0.05) is 32.0 Å². The summed E-state index contributed by atoms with van der Waals surface area (Å²) in [5, 5.41) is 3.28. The number of hydrogen-bond donors (Lipinski definition) is 1. The summed E-state index contributed by atoms with van der Waals surface area (Å²) in [5.74, 6) is 0.547. The number of hydrogen-bond acceptors (Lipinski definition) is 4. The Labute approximate surface area is 162 Å². The lowest BCUT2D eigenvalue weighted by Crippen LogP contribution is -2.48. The minimum absolute atomic E-state index is 0. The van der Waals surface area contributed by atoms with Crippen molar-refractivity contribution in [1.82, 2.24) is 14.6 Å². The fourth-order valence-electron chi connectivity index (χ4n) is 3.23. The first-order valence-corrected chi connectivity index (χ1v) is 10.1. The molecule has 0 radical (unpaired) electrons. The highest BCUT2D eigenvalue weighted by molar-refractivity contribution is 7.89. The Hall–Kier alpha value is -1.47. The van der Waals surface area contributed by atoms with Crippen LogP contribution < -0.4 is 5.32 Å². The molecule has 1 aliphatic rings. The van der Waals surface area contributed by atoms with E-state index < -0.39 is 10.0 Å². The van der Waals surface area contributed by atoms with Crippen LogP contribution in [-0.2, 0) is 16.4 Å². The van der Waals surface area contributed by atoms with Crippen molar-refractivity contribution in [3.05, 3.63) is 59.9 Å². The lowest BCUT2D eigenvalue weighted by molar-refractivity contribution is 0.271. The molecule has 0 amide bonds. The zero-order chi connectivity index (χ0) is 17.9. The van der Waals surface area contributed by atoms with Crippen molar-refractivity contribution in [3.63, 3.8) is 0 Å². The highest BCUT2D eigenvalue weighted by atomic mass is 35.5. The van der Waals surface area contributed by atoms with Gasteiger partial charge in [-0.3, -0.25) is 4.98 Å². The molecule has 26 heavy (non-hydrogen) atoms. The van der Waals surface area contributed by atoms with Crippen LogP contribution in [0.25, 0.3) is 0 Å². The Balaban J connectivity index is 0.00000243. The molecule has 0 bridgehead atoms. The zero-order valence-corrected chi connectivity index (χ0v) is 16.8. The summed E-state index contributed by atoms with van der Waals surface area (Å²) in [6, 6.07) is 10.9. The largest absolute Gasteiger partial charge is 0.313 e. The second kappa shape index (κ2) is 8.95. The van der Waals surface area contributed by atoms with Crippen LogP contribution in [0.2, 0.25) is 0 Å². The van der Waals surface area contributed by atoms with Gasteiger partial charge in [0.2, 0.25) is 10.0 Å². The first kappa shape index (κ1) is 20.8. The van der Waals surface area contributed by atoms with Gasteiger partial charge >= 0.3 is 0 Å². The monoisotopic (exact) mass is 395 g/mol. The molecule has 0 aliphatic carbocycles. The summed E-state index contributed by atoms with van der Waals surface area (Å²) >= 11 is 0. The number of pyridine rings is 1. The Bertz CT molecular complexity index is 795. The highest BCUT2D eigenvalue weighted by Gasteiger charge is 2.34. The second-order valence-corrected chi connectivity index (χ2v) is 8.75. The second-order valence-electron chi connectivity index (χ2n) is 6.86. The first-order chi connectivity index (χ1) is 12.0. The molecule has 2 heterocycles. The van der Waals surface area contributed by atoms with Crippen LogP contribution in [0, 0.1) is 5.92 Å². The number of halogens is 1. The third kappa shape index (κ3) is 4.62. The molecule has 1 N–H and O–H groups in total. The molecule has 1 aromatic carbocycles. The molecule has 0 spiro atoms. The van der Waals surface area contributed by atoms with Crippen molar-refractivity contribution in [3.8, 4) is 0 Å². The van der Waals surface area contributed by atoms with E-state index in [1.54, 1.807) is 28.8 Å². The summed E-state index contributed by atoms with van der Waals surface area (Å²) in [7, 11) is -3.54. The third-order valence-corrected chi connectivity index (χ3v) is 6.36. The standard InChI is InChI=1S/C19H25N3O2S.ClH/c1-15(2)12-16-5-7-18(8-6-16)25(23,24)22-11-10-21-14-19(22)17-4-3-9-20-13-17;/h3-9,13,15,19,21H,10-12,14H2,1-2H3;1H. The molecule has 5 nitrogen and oxygen atoms in total. The Morgan fingerprint density at radius 1 is 1.23 bits per heavy atom. The molecule has 1 saturated heterocycles. The number of nitrogens with zero attached hydrogens (tertiary/aromatic N) is 2. The van der Waals surface area contributed by atoms with E-state index in [1.807, 2.05) is 24.3 Å². The topological polar surface area (TPSA) is 62.3 Å². The van der Waals surface area contributed by atoms with Crippen molar-refractivity contribution in [2.24, 2.45) is 5.92 Å². The molecular formula is C19H26ClN3O2S. The normalized spacial score (nSPS) is 18.5. The van der Waals surface area contributed by atoms with Crippen molar-refractivity contribution >= 4 is 22.4 Å². The Morgan fingerprint density at radius 2 is 1.96 bits per heavy atom. The van der Waals surface area contributed by atoms with E-state index in [1.165, 1.54) is 0 Å². The van der Waals surface area contributed by atoms with Crippen LogP contribution >= 0.6 is 12.4 Å². The maximum atomic E-state index is 13.2. The number of benzene rings is 1. The van der Waals surface area contributed by atoms with Gasteiger partial charge in [0.05, 0.1) is 10.9 Å². The number of piperazine rings is 1. The molecule has 142 valence electrons. The molecule has 1 aliphatic heterocycles. The van der Waals surface area contributed by atoms with E-state index in [-0.39, 0.29) is 18.4 Å². The summed E-state index contributed by atoms with van der Waals surface area (Å²) in [5.41, 5.74) is 2.08. The van der Waals surface area contributed by atoms with E-state index in [0.29, 0.717) is 30.4 Å². The van der Waals surface area contributed by atoms with E-state index in [2.05, 4.69) is 24.1 Å². The Morgan fingerprint density at radius 3 is 2.58 bits per heavy atom. The molecule has 0 saturated carbocycles. The Kier molecular flexibility index (Phi) is 7.17. The average molecular weight is 396 g/mol. The molecule has 1 atom stereocenters. The van der Waals surface area contributed by atoms with Gasteiger partial charge in [0.1, 0.15) is 0 Å². The van der Waals surface area contributed by atoms with E-state index in [0.717, 1.165) is 17.5 Å². The lowest BCUT2D eigenvalue weighted by Gasteiger charge is -2.35. The predicted octanol–water partition coefficient (Wildman–Crippen LogP) is 3.04. The van der Waals surface area contributed by atoms with Crippen LogP contribution in [0.4, 0.5) is 0 Å². The highest BCUT2D eigenvalue weighted by Crippen LogP contribution is 2.28. The van der Waals surface area contributed by atoms with Crippen LogP contribution in [0.15, 0.2) is 53.7 Å². The van der Waals surface area contributed by atoms with Crippen LogP contribution in [0.1, 0.15) is 31.0 Å².